The van der Waals surface area contributed by atoms with E-state index in [9.17, 15) is 4.79 Å². The molecule has 3 nitrogen and oxygen atoms in total. The predicted octanol–water partition coefficient (Wildman–Crippen LogP) is 5.25. The molecule has 0 saturated carbocycles. The maximum absolute atomic E-state index is 12.5. The SMILES string of the molecule is CCCC(=O)N1Cc2ssc(=S)c2-c2cc(OCC)ccc21. The number of nitrogens with zero attached hydrogens (tertiary/aromatic N) is 1. The summed E-state index contributed by atoms with van der Waals surface area (Å²) in [7, 11) is 3.28. The molecule has 0 unspecified atom stereocenters. The highest BCUT2D eigenvalue weighted by atomic mass is 32.9. The van der Waals surface area contributed by atoms with Gasteiger partial charge >= 0.3 is 0 Å². The van der Waals surface area contributed by atoms with Gasteiger partial charge < -0.3 is 9.64 Å². The molecule has 0 radical (unpaired) electrons. The fourth-order valence-electron chi connectivity index (χ4n) is 2.66. The summed E-state index contributed by atoms with van der Waals surface area (Å²) in [6.07, 6.45) is 1.42. The van der Waals surface area contributed by atoms with E-state index in [2.05, 4.69) is 0 Å². The highest BCUT2D eigenvalue weighted by Crippen LogP contribution is 2.45. The van der Waals surface area contributed by atoms with Crippen LogP contribution in [0.3, 0.4) is 0 Å². The minimum Gasteiger partial charge on any atom is -0.494 e. The Kier molecular flexibility index (Phi) is 4.61. The molecule has 22 heavy (non-hydrogen) atoms. The molecule has 3 rings (SSSR count). The van der Waals surface area contributed by atoms with Crippen molar-refractivity contribution in [1.29, 1.82) is 0 Å². The molecule has 0 saturated heterocycles. The number of fused-ring (bicyclic) bond motifs is 3. The van der Waals surface area contributed by atoms with E-state index in [4.69, 9.17) is 17.0 Å². The molecule has 1 amide bonds. The molecule has 6 heteroatoms. The van der Waals surface area contributed by atoms with Crippen LogP contribution in [-0.4, -0.2) is 12.5 Å². The molecule has 116 valence electrons. The zero-order valence-corrected chi connectivity index (χ0v) is 15.0. The average molecular weight is 352 g/mol. The summed E-state index contributed by atoms with van der Waals surface area (Å²) >= 11 is 5.50. The summed E-state index contributed by atoms with van der Waals surface area (Å²) in [5.74, 6) is 0.991. The van der Waals surface area contributed by atoms with E-state index in [1.165, 1.54) is 4.88 Å². The van der Waals surface area contributed by atoms with Crippen LogP contribution >= 0.6 is 32.9 Å². The van der Waals surface area contributed by atoms with Crippen molar-refractivity contribution in [1.82, 2.24) is 0 Å². The first kappa shape index (κ1) is 15.6. The standard InChI is InChI=1S/C16H17NO2S3/c1-3-5-14(18)17-9-13-15(16(20)22-21-13)11-8-10(19-4-2)6-7-12(11)17/h6-8H,3-5,9H2,1-2H3. The second-order valence-electron chi connectivity index (χ2n) is 5.09. The van der Waals surface area contributed by atoms with Gasteiger partial charge in [0, 0.05) is 22.4 Å². The molecular formula is C16H17NO2S3. The minimum atomic E-state index is 0.169. The number of amides is 1. The molecule has 0 aliphatic carbocycles. The Bertz CT molecular complexity index is 763. The molecule has 2 aromatic rings. The number of hydrogen-bond donors (Lipinski definition) is 0. The smallest absolute Gasteiger partial charge is 0.227 e. The van der Waals surface area contributed by atoms with Gasteiger partial charge in [-0.05, 0) is 31.5 Å². The molecule has 0 atom stereocenters. The van der Waals surface area contributed by atoms with Gasteiger partial charge in [-0.2, -0.15) is 0 Å². The van der Waals surface area contributed by atoms with Crippen molar-refractivity contribution < 1.29 is 9.53 Å². The third-order valence-corrected chi connectivity index (χ3v) is 6.70. The number of ether oxygens (including phenoxy) is 1. The van der Waals surface area contributed by atoms with Gasteiger partial charge in [0.2, 0.25) is 5.91 Å². The zero-order chi connectivity index (χ0) is 15.7. The van der Waals surface area contributed by atoms with Gasteiger partial charge in [-0.1, -0.05) is 39.8 Å². The van der Waals surface area contributed by atoms with Crippen molar-refractivity contribution in [3.63, 3.8) is 0 Å². The third kappa shape index (κ3) is 2.71. The van der Waals surface area contributed by atoms with Crippen molar-refractivity contribution in [3.05, 3.63) is 26.9 Å². The van der Waals surface area contributed by atoms with Gasteiger partial charge in [0.25, 0.3) is 0 Å². The average Bonchev–Trinajstić information content (AvgIpc) is 2.88. The maximum Gasteiger partial charge on any atom is 0.227 e. The van der Waals surface area contributed by atoms with Gasteiger partial charge in [0.05, 0.1) is 18.8 Å². The van der Waals surface area contributed by atoms with Crippen LogP contribution in [0.1, 0.15) is 31.6 Å². The lowest BCUT2D eigenvalue weighted by atomic mass is 9.99. The first-order chi connectivity index (χ1) is 10.7. The topological polar surface area (TPSA) is 29.5 Å². The molecule has 0 spiro atoms. The Labute approximate surface area is 142 Å². The highest BCUT2D eigenvalue weighted by molar-refractivity contribution is 7.80. The molecule has 1 aliphatic rings. The van der Waals surface area contributed by atoms with E-state index >= 15 is 0 Å². The van der Waals surface area contributed by atoms with Crippen LogP contribution in [0.15, 0.2) is 18.2 Å². The van der Waals surface area contributed by atoms with E-state index in [1.54, 1.807) is 20.7 Å². The van der Waals surface area contributed by atoms with E-state index in [0.717, 1.165) is 32.8 Å². The molecular weight excluding hydrogens is 334 g/mol. The summed E-state index contributed by atoms with van der Waals surface area (Å²) in [6.45, 7) is 5.25. The zero-order valence-electron chi connectivity index (χ0n) is 12.5. The van der Waals surface area contributed by atoms with Crippen LogP contribution in [0.4, 0.5) is 5.69 Å². The first-order valence-electron chi connectivity index (χ1n) is 7.35. The summed E-state index contributed by atoms with van der Waals surface area (Å²) in [4.78, 5) is 15.5. The van der Waals surface area contributed by atoms with Gasteiger partial charge in [0.1, 0.15) is 9.57 Å². The quantitative estimate of drug-likeness (QED) is 0.556. The van der Waals surface area contributed by atoms with Crippen molar-refractivity contribution in [2.75, 3.05) is 11.5 Å². The van der Waals surface area contributed by atoms with E-state index in [1.807, 2.05) is 36.9 Å². The Morgan fingerprint density at radius 2 is 2.18 bits per heavy atom. The molecule has 1 aromatic carbocycles. The molecule has 0 fully saturated rings. The van der Waals surface area contributed by atoms with Gasteiger partial charge in [-0.25, -0.2) is 0 Å². The second-order valence-corrected chi connectivity index (χ2v) is 8.00. The lowest BCUT2D eigenvalue weighted by Crippen LogP contribution is -2.32. The van der Waals surface area contributed by atoms with Crippen LogP contribution < -0.4 is 9.64 Å². The molecule has 0 bridgehead atoms. The number of carbonyl (C=O) groups excluding carboxylic acids is 1. The van der Waals surface area contributed by atoms with Crippen LogP contribution in [0.2, 0.25) is 0 Å². The van der Waals surface area contributed by atoms with Crippen molar-refractivity contribution >= 4 is 44.5 Å². The Hall–Kier alpha value is -1.24. The maximum atomic E-state index is 12.5. The fourth-order valence-corrected chi connectivity index (χ4v) is 5.48. The largest absolute Gasteiger partial charge is 0.494 e. The van der Waals surface area contributed by atoms with Crippen LogP contribution in [0, 0.1) is 3.82 Å². The second kappa shape index (κ2) is 6.48. The molecule has 2 heterocycles. The molecule has 0 N–H and O–H groups in total. The van der Waals surface area contributed by atoms with Gasteiger partial charge in [-0.15, -0.1) is 0 Å². The van der Waals surface area contributed by atoms with E-state index < -0.39 is 0 Å². The van der Waals surface area contributed by atoms with Crippen molar-refractivity contribution in [2.45, 2.75) is 33.2 Å². The summed E-state index contributed by atoms with van der Waals surface area (Å²) < 4.78 is 6.52. The lowest BCUT2D eigenvalue weighted by molar-refractivity contribution is -0.118. The van der Waals surface area contributed by atoms with Crippen LogP contribution in [0.5, 0.6) is 5.75 Å². The number of anilines is 1. The first-order valence-corrected chi connectivity index (χ1v) is 9.91. The highest BCUT2D eigenvalue weighted by Gasteiger charge is 2.28. The molecule has 1 aliphatic heterocycles. The van der Waals surface area contributed by atoms with Crippen LogP contribution in [-0.2, 0) is 11.3 Å². The Morgan fingerprint density at radius 3 is 2.91 bits per heavy atom. The Morgan fingerprint density at radius 1 is 1.36 bits per heavy atom. The monoisotopic (exact) mass is 351 g/mol. The van der Waals surface area contributed by atoms with Gasteiger partial charge in [0.15, 0.2) is 0 Å². The minimum absolute atomic E-state index is 0.169. The lowest BCUT2D eigenvalue weighted by Gasteiger charge is -2.29. The van der Waals surface area contributed by atoms with Gasteiger partial charge in [-0.3, -0.25) is 4.79 Å². The number of hydrogen-bond acceptors (Lipinski definition) is 5. The summed E-state index contributed by atoms with van der Waals surface area (Å²) in [6, 6.07) is 5.92. The summed E-state index contributed by atoms with van der Waals surface area (Å²) in [5.41, 5.74) is 3.09. The normalized spacial score (nSPS) is 12.7. The summed E-state index contributed by atoms with van der Waals surface area (Å²) in [5, 5.41) is 0. The Balaban J connectivity index is 2.13. The van der Waals surface area contributed by atoms with E-state index in [0.29, 0.717) is 19.6 Å². The van der Waals surface area contributed by atoms with Crippen molar-refractivity contribution in [2.24, 2.45) is 0 Å². The number of benzene rings is 1. The fraction of sp³-hybridized carbons (Fsp3) is 0.375. The van der Waals surface area contributed by atoms with Crippen molar-refractivity contribution in [3.8, 4) is 16.9 Å². The third-order valence-electron chi connectivity index (χ3n) is 3.61. The van der Waals surface area contributed by atoms with Crippen LogP contribution in [0.25, 0.3) is 11.1 Å². The number of carbonyl (C=O) groups is 1. The number of rotatable bonds is 4. The van der Waals surface area contributed by atoms with E-state index in [-0.39, 0.29) is 5.91 Å². The molecule has 1 aromatic heterocycles. The predicted molar refractivity (Wildman–Crippen MR) is 95.7 cm³/mol.